The minimum Gasteiger partial charge on any atom is -0.480 e. The van der Waals surface area contributed by atoms with E-state index < -0.39 is 23.6 Å². The van der Waals surface area contributed by atoms with Crippen LogP contribution in [0.15, 0.2) is 33.5 Å². The number of hydrogen-bond acceptors (Lipinski definition) is 7. The van der Waals surface area contributed by atoms with E-state index in [4.69, 9.17) is 20.0 Å². The molecule has 1 atom stereocenters. The Bertz CT molecular complexity index is 872. The summed E-state index contributed by atoms with van der Waals surface area (Å²) in [7, 11) is 0. The molecule has 2 aromatic rings. The highest BCUT2D eigenvalue weighted by atomic mass is 16.5. The van der Waals surface area contributed by atoms with E-state index >= 15 is 0 Å². The van der Waals surface area contributed by atoms with E-state index in [-0.39, 0.29) is 19.4 Å². The van der Waals surface area contributed by atoms with Crippen molar-refractivity contribution in [2.75, 3.05) is 18.0 Å². The van der Waals surface area contributed by atoms with Gasteiger partial charge in [-0.15, -0.1) is 0 Å². The van der Waals surface area contributed by atoms with Crippen molar-refractivity contribution in [1.29, 1.82) is 0 Å². The van der Waals surface area contributed by atoms with Crippen LogP contribution in [-0.4, -0.2) is 36.2 Å². The summed E-state index contributed by atoms with van der Waals surface area (Å²) in [4.78, 5) is 36.5. The molecule has 146 valence electrons. The number of nitrogens with two attached hydrogens (primary N) is 1. The largest absolute Gasteiger partial charge is 0.480 e. The SMILES string of the molecule is CCN(CC)c1ccc2c(COC(=O)CCC(N)C(=O)O)cc(=O)oc2c1. The van der Waals surface area contributed by atoms with Gasteiger partial charge in [-0.3, -0.25) is 9.59 Å². The Balaban J connectivity index is 2.15. The molecule has 0 aliphatic carbocycles. The zero-order valence-corrected chi connectivity index (χ0v) is 15.4. The van der Waals surface area contributed by atoms with E-state index in [0.717, 1.165) is 18.8 Å². The number of benzene rings is 1. The summed E-state index contributed by atoms with van der Waals surface area (Å²) >= 11 is 0. The number of fused-ring (bicyclic) bond motifs is 1. The highest BCUT2D eigenvalue weighted by Gasteiger charge is 2.15. The number of carbonyl (C=O) groups is 2. The van der Waals surface area contributed by atoms with Crippen LogP contribution in [0.4, 0.5) is 5.69 Å². The van der Waals surface area contributed by atoms with E-state index in [1.54, 1.807) is 6.07 Å². The lowest BCUT2D eigenvalue weighted by Gasteiger charge is -2.21. The number of hydrogen-bond donors (Lipinski definition) is 2. The molecule has 1 aromatic carbocycles. The molecule has 0 amide bonds. The van der Waals surface area contributed by atoms with Crippen molar-refractivity contribution in [3.8, 4) is 0 Å². The zero-order chi connectivity index (χ0) is 20.0. The minimum absolute atomic E-state index is 0.0148. The Morgan fingerprint density at radius 3 is 2.59 bits per heavy atom. The summed E-state index contributed by atoms with van der Waals surface area (Å²) in [6.45, 7) is 5.61. The number of aliphatic carboxylic acids is 1. The van der Waals surface area contributed by atoms with E-state index in [1.807, 2.05) is 26.0 Å². The lowest BCUT2D eigenvalue weighted by atomic mass is 10.1. The number of rotatable bonds is 9. The highest BCUT2D eigenvalue weighted by Crippen LogP contribution is 2.24. The van der Waals surface area contributed by atoms with Crippen LogP contribution in [0.25, 0.3) is 11.0 Å². The Kier molecular flexibility index (Phi) is 6.95. The van der Waals surface area contributed by atoms with Gasteiger partial charge < -0.3 is 24.9 Å². The molecule has 0 aliphatic heterocycles. The van der Waals surface area contributed by atoms with Crippen molar-refractivity contribution in [2.45, 2.75) is 39.3 Å². The Morgan fingerprint density at radius 2 is 1.96 bits per heavy atom. The number of carbonyl (C=O) groups excluding carboxylic acids is 1. The lowest BCUT2D eigenvalue weighted by Crippen LogP contribution is -2.30. The van der Waals surface area contributed by atoms with Gasteiger partial charge in [0.05, 0.1) is 0 Å². The van der Waals surface area contributed by atoms with Crippen molar-refractivity contribution in [2.24, 2.45) is 5.73 Å². The van der Waals surface area contributed by atoms with Gasteiger partial charge in [0, 0.05) is 48.3 Å². The standard InChI is InChI=1S/C19H24N2O6/c1-3-21(4-2)13-5-6-14-12(9-18(23)27-16(14)10-13)11-26-17(22)8-7-15(20)19(24)25/h5-6,9-10,15H,3-4,7-8,11,20H2,1-2H3,(H,24,25). The maximum Gasteiger partial charge on any atom is 0.336 e. The van der Waals surface area contributed by atoms with Gasteiger partial charge in [-0.05, 0) is 32.4 Å². The third kappa shape index (κ3) is 5.30. The molecule has 1 unspecified atom stereocenters. The van der Waals surface area contributed by atoms with Crippen LogP contribution < -0.4 is 16.3 Å². The molecule has 0 spiro atoms. The molecule has 1 aromatic heterocycles. The predicted octanol–water partition coefficient (Wildman–Crippen LogP) is 1.87. The molecule has 2 rings (SSSR count). The topological polar surface area (TPSA) is 123 Å². The van der Waals surface area contributed by atoms with Gasteiger partial charge in [0.2, 0.25) is 0 Å². The number of nitrogens with zero attached hydrogens (tertiary/aromatic N) is 1. The predicted molar refractivity (Wildman–Crippen MR) is 101 cm³/mol. The molecule has 0 saturated heterocycles. The van der Waals surface area contributed by atoms with Crippen LogP contribution in [0, 0.1) is 0 Å². The molecule has 8 nitrogen and oxygen atoms in total. The first-order valence-electron chi connectivity index (χ1n) is 8.81. The normalized spacial score (nSPS) is 12.0. The van der Waals surface area contributed by atoms with E-state index in [9.17, 15) is 14.4 Å². The van der Waals surface area contributed by atoms with Gasteiger partial charge in [0.25, 0.3) is 0 Å². The van der Waals surface area contributed by atoms with E-state index in [0.29, 0.717) is 16.5 Å². The van der Waals surface area contributed by atoms with Gasteiger partial charge in [0.1, 0.15) is 18.2 Å². The van der Waals surface area contributed by atoms with E-state index in [2.05, 4.69) is 4.90 Å². The second kappa shape index (κ2) is 9.18. The summed E-state index contributed by atoms with van der Waals surface area (Å²) in [5, 5.41) is 9.40. The summed E-state index contributed by atoms with van der Waals surface area (Å²) in [5.41, 5.74) is 6.72. The lowest BCUT2D eigenvalue weighted by molar-refractivity contribution is -0.145. The second-order valence-corrected chi connectivity index (χ2v) is 6.09. The van der Waals surface area contributed by atoms with Crippen LogP contribution >= 0.6 is 0 Å². The molecule has 0 saturated carbocycles. The fourth-order valence-electron chi connectivity index (χ4n) is 2.75. The maximum absolute atomic E-state index is 11.9. The second-order valence-electron chi connectivity index (χ2n) is 6.09. The van der Waals surface area contributed by atoms with Crippen molar-refractivity contribution >= 4 is 28.6 Å². The Morgan fingerprint density at radius 1 is 1.26 bits per heavy atom. The Hall–Kier alpha value is -2.87. The smallest absolute Gasteiger partial charge is 0.336 e. The fourth-order valence-corrected chi connectivity index (χ4v) is 2.75. The third-order valence-corrected chi connectivity index (χ3v) is 4.31. The molecule has 0 aliphatic rings. The molecule has 27 heavy (non-hydrogen) atoms. The maximum atomic E-state index is 11.9. The first-order valence-corrected chi connectivity index (χ1v) is 8.81. The summed E-state index contributed by atoms with van der Waals surface area (Å²) in [6.07, 6.45) is -0.127. The van der Waals surface area contributed by atoms with Crippen molar-refractivity contribution in [3.05, 3.63) is 40.2 Å². The first-order chi connectivity index (χ1) is 12.8. The molecule has 8 heteroatoms. The molecule has 0 fully saturated rings. The molecule has 1 heterocycles. The summed E-state index contributed by atoms with van der Waals surface area (Å²) < 4.78 is 10.5. The van der Waals surface area contributed by atoms with Crippen LogP contribution in [0.5, 0.6) is 0 Å². The number of ether oxygens (including phenoxy) is 1. The molecule has 3 N–H and O–H groups in total. The van der Waals surface area contributed by atoms with E-state index in [1.165, 1.54) is 6.07 Å². The summed E-state index contributed by atoms with van der Waals surface area (Å²) in [6, 6.07) is 5.72. The van der Waals surface area contributed by atoms with Gasteiger partial charge in [-0.2, -0.15) is 0 Å². The average Bonchev–Trinajstić information content (AvgIpc) is 2.64. The summed E-state index contributed by atoms with van der Waals surface area (Å²) in [5.74, 6) is -1.74. The van der Waals surface area contributed by atoms with Crippen LogP contribution in [0.2, 0.25) is 0 Å². The van der Waals surface area contributed by atoms with Crippen LogP contribution in [-0.2, 0) is 20.9 Å². The number of carboxylic acid groups (broad SMARTS) is 1. The van der Waals surface area contributed by atoms with Crippen molar-refractivity contribution < 1.29 is 23.8 Å². The Labute approximate surface area is 156 Å². The van der Waals surface area contributed by atoms with Gasteiger partial charge >= 0.3 is 17.6 Å². The van der Waals surface area contributed by atoms with Crippen LogP contribution in [0.3, 0.4) is 0 Å². The van der Waals surface area contributed by atoms with Crippen LogP contribution in [0.1, 0.15) is 32.3 Å². The van der Waals surface area contributed by atoms with Gasteiger partial charge in [-0.25, -0.2) is 4.79 Å². The number of carboxylic acids is 1. The fraction of sp³-hybridized carbons (Fsp3) is 0.421. The molecular formula is C19H24N2O6. The first kappa shape index (κ1) is 20.4. The molecular weight excluding hydrogens is 352 g/mol. The number of anilines is 1. The van der Waals surface area contributed by atoms with Gasteiger partial charge in [-0.1, -0.05) is 0 Å². The van der Waals surface area contributed by atoms with Gasteiger partial charge in [0.15, 0.2) is 0 Å². The van der Waals surface area contributed by atoms with Crippen molar-refractivity contribution in [1.82, 2.24) is 0 Å². The van der Waals surface area contributed by atoms with Crippen molar-refractivity contribution in [3.63, 3.8) is 0 Å². The number of esters is 1. The average molecular weight is 376 g/mol. The monoisotopic (exact) mass is 376 g/mol. The molecule has 0 radical (unpaired) electrons. The third-order valence-electron chi connectivity index (χ3n) is 4.31. The quantitative estimate of drug-likeness (QED) is 0.502. The molecule has 0 bridgehead atoms. The highest BCUT2D eigenvalue weighted by molar-refractivity contribution is 5.84. The zero-order valence-electron chi connectivity index (χ0n) is 15.4. The minimum atomic E-state index is -1.17.